The van der Waals surface area contributed by atoms with Crippen LogP contribution < -0.4 is 15.5 Å². The number of nitrogens with zero attached hydrogens (tertiary/aromatic N) is 4. The van der Waals surface area contributed by atoms with Crippen LogP contribution in [-0.4, -0.2) is 47.5 Å². The Balaban J connectivity index is 1.42. The highest BCUT2D eigenvalue weighted by Gasteiger charge is 2.26. The molecule has 3 N–H and O–H groups in total. The number of urea groups is 1. The van der Waals surface area contributed by atoms with Gasteiger partial charge < -0.3 is 20.3 Å². The zero-order valence-electron chi connectivity index (χ0n) is 18.7. The van der Waals surface area contributed by atoms with E-state index < -0.39 is 17.7 Å². The highest BCUT2D eigenvalue weighted by molar-refractivity contribution is 7.20. The topological polar surface area (TPSA) is 119 Å². The molecule has 4 aromatic rings. The molecule has 3 heterocycles. The maximum absolute atomic E-state index is 13.4. The van der Waals surface area contributed by atoms with E-state index in [1.54, 1.807) is 24.3 Å². The van der Waals surface area contributed by atoms with E-state index in [2.05, 4.69) is 36.8 Å². The molecule has 1 fully saturated rings. The van der Waals surface area contributed by atoms with Gasteiger partial charge in [0, 0.05) is 36.1 Å². The summed E-state index contributed by atoms with van der Waals surface area (Å²) in [4.78, 5) is 19.5. The zero-order chi connectivity index (χ0) is 25.1. The largest absolute Gasteiger partial charge is 0.378 e. The van der Waals surface area contributed by atoms with E-state index in [1.807, 2.05) is 0 Å². The number of hydrogen-bond donors (Lipinski definition) is 3. The van der Waals surface area contributed by atoms with Crippen LogP contribution in [-0.2, 0) is 4.74 Å². The maximum atomic E-state index is 13.4. The molecule has 36 heavy (non-hydrogen) atoms. The lowest BCUT2D eigenvalue weighted by Crippen LogP contribution is -2.36. The molecule has 9 nitrogen and oxygen atoms in total. The minimum absolute atomic E-state index is 0.117. The number of benzene rings is 2. The van der Waals surface area contributed by atoms with Crippen LogP contribution in [0.4, 0.5) is 30.0 Å². The molecular formula is C24H19F2N7O2S. The molecule has 0 radical (unpaired) electrons. The molecule has 5 rings (SSSR count). The Morgan fingerprint density at radius 3 is 2.47 bits per heavy atom. The Bertz CT molecular complexity index is 1430. The third-order valence-corrected chi connectivity index (χ3v) is 6.77. The molecule has 12 heteroatoms. The van der Waals surface area contributed by atoms with Crippen LogP contribution in [0, 0.1) is 23.0 Å². The minimum atomic E-state index is -1.06. The number of anilines is 3. The first-order valence-corrected chi connectivity index (χ1v) is 11.7. The average molecular weight is 508 g/mol. The van der Waals surface area contributed by atoms with Crippen molar-refractivity contribution in [2.24, 2.45) is 0 Å². The number of ether oxygens (including phenoxy) is 1. The van der Waals surface area contributed by atoms with Gasteiger partial charge in [-0.05, 0) is 29.8 Å². The van der Waals surface area contributed by atoms with Gasteiger partial charge in [0.05, 0.1) is 23.7 Å². The van der Waals surface area contributed by atoms with Crippen molar-refractivity contribution in [3.05, 3.63) is 66.0 Å². The fourth-order valence-electron chi connectivity index (χ4n) is 3.85. The van der Waals surface area contributed by atoms with Crippen molar-refractivity contribution in [3.63, 3.8) is 0 Å². The molecule has 1 aliphatic heterocycles. The fraction of sp³-hybridized carbons (Fsp3) is 0.167. The molecule has 0 spiro atoms. The standard InChI is InChI=1S/C24H19F2N7O2S/c25-18-6-5-16(11-19(18)26)31-24(34)30-15-3-1-14(2-4-15)20-17(12-27)23(33-7-9-35-10-8-33)36-21(20)22-28-13-29-32-22/h1-6,11,13H,7-10H2,(H,28,29,32)(H2,30,31,34). The van der Waals surface area contributed by atoms with Crippen LogP contribution in [0.15, 0.2) is 48.8 Å². The molecule has 1 saturated heterocycles. The molecule has 182 valence electrons. The smallest absolute Gasteiger partial charge is 0.323 e. The number of amides is 2. The van der Waals surface area contributed by atoms with Crippen LogP contribution in [0.25, 0.3) is 21.8 Å². The predicted molar refractivity (Wildman–Crippen MR) is 132 cm³/mol. The Hall–Kier alpha value is -4.34. The highest BCUT2D eigenvalue weighted by atomic mass is 32.1. The number of morpholine rings is 1. The third kappa shape index (κ3) is 4.74. The highest BCUT2D eigenvalue weighted by Crippen LogP contribution is 2.46. The van der Waals surface area contributed by atoms with Gasteiger partial charge in [-0.1, -0.05) is 12.1 Å². The molecule has 2 aromatic carbocycles. The van der Waals surface area contributed by atoms with Crippen LogP contribution in [0.2, 0.25) is 0 Å². The first kappa shape index (κ1) is 23.4. The molecule has 0 bridgehead atoms. The second kappa shape index (κ2) is 10.1. The van der Waals surface area contributed by atoms with Gasteiger partial charge in [0.25, 0.3) is 0 Å². The van der Waals surface area contributed by atoms with Crippen LogP contribution in [0.1, 0.15) is 5.56 Å². The first-order chi connectivity index (χ1) is 17.5. The Kier molecular flexibility index (Phi) is 6.57. The summed E-state index contributed by atoms with van der Waals surface area (Å²) >= 11 is 1.45. The summed E-state index contributed by atoms with van der Waals surface area (Å²) in [6.07, 6.45) is 1.48. The molecule has 2 amide bonds. The Morgan fingerprint density at radius 1 is 1.08 bits per heavy atom. The van der Waals surface area contributed by atoms with Gasteiger partial charge in [0.2, 0.25) is 0 Å². The SMILES string of the molecule is N#Cc1c(N2CCOCC2)sc(-c2nc[nH]n2)c1-c1ccc(NC(=O)Nc2ccc(F)c(F)c2)cc1. The number of aromatic nitrogens is 3. The quantitative estimate of drug-likeness (QED) is 0.356. The van der Waals surface area contributed by atoms with Crippen LogP contribution in [0.5, 0.6) is 0 Å². The molecular weight excluding hydrogens is 488 g/mol. The fourth-order valence-corrected chi connectivity index (χ4v) is 5.12. The van der Waals surface area contributed by atoms with Crippen LogP contribution >= 0.6 is 11.3 Å². The van der Waals surface area contributed by atoms with E-state index in [-0.39, 0.29) is 5.69 Å². The van der Waals surface area contributed by atoms with Crippen molar-refractivity contribution in [2.75, 3.05) is 41.8 Å². The van der Waals surface area contributed by atoms with E-state index in [0.717, 1.165) is 27.6 Å². The average Bonchev–Trinajstić information content (AvgIpc) is 3.55. The Morgan fingerprint density at radius 2 is 1.81 bits per heavy atom. The number of nitriles is 1. The van der Waals surface area contributed by atoms with Gasteiger partial charge in [-0.3, -0.25) is 5.10 Å². The lowest BCUT2D eigenvalue weighted by molar-refractivity contribution is 0.123. The van der Waals surface area contributed by atoms with E-state index >= 15 is 0 Å². The lowest BCUT2D eigenvalue weighted by Gasteiger charge is -2.27. The number of hydrogen-bond acceptors (Lipinski definition) is 7. The molecule has 0 saturated carbocycles. The summed E-state index contributed by atoms with van der Waals surface area (Å²) in [5.41, 5.74) is 2.58. The minimum Gasteiger partial charge on any atom is -0.378 e. The van der Waals surface area contributed by atoms with Gasteiger partial charge in [-0.2, -0.15) is 10.4 Å². The van der Waals surface area contributed by atoms with Gasteiger partial charge in [0.1, 0.15) is 17.4 Å². The summed E-state index contributed by atoms with van der Waals surface area (Å²) in [7, 11) is 0. The van der Waals surface area contributed by atoms with Gasteiger partial charge in [-0.25, -0.2) is 18.6 Å². The second-order valence-electron chi connectivity index (χ2n) is 7.81. The lowest BCUT2D eigenvalue weighted by atomic mass is 10.0. The van der Waals surface area contributed by atoms with Crippen LogP contribution in [0.3, 0.4) is 0 Å². The molecule has 0 aliphatic carbocycles. The summed E-state index contributed by atoms with van der Waals surface area (Å²) < 4.78 is 31.9. The normalized spacial score (nSPS) is 13.3. The zero-order valence-corrected chi connectivity index (χ0v) is 19.5. The van der Waals surface area contributed by atoms with Crippen molar-refractivity contribution >= 4 is 33.7 Å². The summed E-state index contributed by atoms with van der Waals surface area (Å²) in [5, 5.41) is 23.0. The van der Waals surface area contributed by atoms with E-state index in [4.69, 9.17) is 4.74 Å². The number of aromatic amines is 1. The summed E-state index contributed by atoms with van der Waals surface area (Å²) in [6.45, 7) is 2.53. The van der Waals surface area contributed by atoms with Crippen molar-refractivity contribution in [2.45, 2.75) is 0 Å². The number of H-pyrrole nitrogens is 1. The maximum Gasteiger partial charge on any atom is 0.323 e. The number of halogens is 2. The van der Waals surface area contributed by atoms with E-state index in [1.165, 1.54) is 23.7 Å². The van der Waals surface area contributed by atoms with Gasteiger partial charge >= 0.3 is 6.03 Å². The van der Waals surface area contributed by atoms with E-state index in [0.29, 0.717) is 48.9 Å². The monoisotopic (exact) mass is 507 g/mol. The number of thiophene rings is 1. The molecule has 0 unspecified atom stereocenters. The first-order valence-electron chi connectivity index (χ1n) is 10.9. The molecule has 2 aromatic heterocycles. The summed E-state index contributed by atoms with van der Waals surface area (Å²) in [5.74, 6) is -1.57. The number of nitrogens with one attached hydrogen (secondary N) is 3. The predicted octanol–water partition coefficient (Wildman–Crippen LogP) is 4.83. The number of carbonyl (C=O) groups is 1. The second-order valence-corrected chi connectivity index (χ2v) is 8.80. The van der Waals surface area contributed by atoms with Gasteiger partial charge in [0.15, 0.2) is 17.5 Å². The van der Waals surface area contributed by atoms with Crippen molar-refractivity contribution < 1.29 is 18.3 Å². The summed E-state index contributed by atoms with van der Waals surface area (Å²) in [6, 6.07) is 11.8. The Labute approximate surface area is 208 Å². The molecule has 1 aliphatic rings. The van der Waals surface area contributed by atoms with Crippen molar-refractivity contribution in [3.8, 4) is 27.9 Å². The van der Waals surface area contributed by atoms with Crippen molar-refractivity contribution in [1.29, 1.82) is 5.26 Å². The van der Waals surface area contributed by atoms with Crippen molar-refractivity contribution in [1.82, 2.24) is 15.2 Å². The number of carbonyl (C=O) groups excluding carboxylic acids is 1. The van der Waals surface area contributed by atoms with E-state index in [9.17, 15) is 18.8 Å². The van der Waals surface area contributed by atoms with Gasteiger partial charge in [-0.15, -0.1) is 11.3 Å². The molecule has 0 atom stereocenters. The third-order valence-electron chi connectivity index (χ3n) is 5.53. The number of rotatable bonds is 5.